The first-order chi connectivity index (χ1) is 44.5. The zero-order valence-electron chi connectivity index (χ0n) is 54.9. The van der Waals surface area contributed by atoms with E-state index in [0.29, 0.717) is 112 Å². The van der Waals surface area contributed by atoms with Crippen LogP contribution in [0.25, 0.3) is 6.08 Å². The van der Waals surface area contributed by atoms with Crippen LogP contribution in [0.15, 0.2) is 49.7 Å². The van der Waals surface area contributed by atoms with Gasteiger partial charge in [-0.15, -0.1) is 48.8 Å². The van der Waals surface area contributed by atoms with Crippen molar-refractivity contribution in [1.29, 1.82) is 0 Å². The fourth-order valence-corrected chi connectivity index (χ4v) is 7.71. The van der Waals surface area contributed by atoms with Crippen LogP contribution in [0.1, 0.15) is 159 Å². The third-order valence-electron chi connectivity index (χ3n) is 12.5. The van der Waals surface area contributed by atoms with Gasteiger partial charge in [0.2, 0.25) is 15.1 Å². The quantitative estimate of drug-likeness (QED) is 0.0175. The zero-order valence-corrected chi connectivity index (χ0v) is 60.5. The number of nitrogens with zero attached hydrogens (tertiary/aromatic N) is 5. The number of nitrogens with one attached hydrogen (secondary N) is 1. The van der Waals surface area contributed by atoms with Gasteiger partial charge in [0.15, 0.2) is 12.6 Å². The number of ether oxygens (including phenoxy) is 4. The van der Waals surface area contributed by atoms with Gasteiger partial charge in [-0.25, -0.2) is 14.9 Å². The van der Waals surface area contributed by atoms with Crippen molar-refractivity contribution in [1.82, 2.24) is 30.2 Å². The minimum atomic E-state index is -1.67. The molecule has 0 bridgehead atoms. The number of amides is 1. The van der Waals surface area contributed by atoms with E-state index in [1.54, 1.807) is 99.5 Å². The highest BCUT2D eigenvalue weighted by Crippen LogP contribution is 2.31. The number of pyridine rings is 5. The summed E-state index contributed by atoms with van der Waals surface area (Å²) >= 11 is 5.69. The van der Waals surface area contributed by atoms with Crippen LogP contribution >= 0.6 is 70.2 Å². The summed E-state index contributed by atoms with van der Waals surface area (Å²) in [5.74, 6) is 3.20. The molecule has 1 aliphatic rings. The number of halogens is 6. The van der Waals surface area contributed by atoms with E-state index in [1.165, 1.54) is 26.6 Å². The molecule has 1 aromatic carbocycles. The van der Waals surface area contributed by atoms with E-state index in [9.17, 15) is 54.9 Å². The van der Waals surface area contributed by atoms with Crippen molar-refractivity contribution in [3.63, 3.8) is 0 Å². The minimum absolute atomic E-state index is 0. The average molecular weight is 1560 g/mol. The van der Waals surface area contributed by atoms with E-state index in [4.69, 9.17) is 65.2 Å². The van der Waals surface area contributed by atoms with E-state index < -0.39 is 27.3 Å². The van der Waals surface area contributed by atoms with Crippen LogP contribution in [-0.4, -0.2) is 156 Å². The largest absolute Gasteiger partial charge is 0.507 e. The van der Waals surface area contributed by atoms with Crippen LogP contribution in [0, 0.1) is 41.5 Å². The number of hydrogen-bond donors (Lipinski definition) is 14. The molecule has 15 N–H and O–H groups in total. The standard InChI is InChI=1S/C10H13NO2.C10H14O3.C9H12ClNO2.C9H13NO3.C9H11NO3.C8H9NO3.C5H7NO3.CH2O.3CH4.Cl2OS.3ClH.H3NO/c1-4-8-5-11-7(2)10(12)9(8)6-13-3;1-6-3-4-8(7(2)12)9(5-11)10(6)13;1-6-9(12)8(5-13-2)7(3-10)4-11-6;2*1-6-9(12)8(5-13-2)7(4-11)3-10-6;1-5-8(12)7(4-11)6(3-10)2-9-5;7-4-2-1-3(6-4)5(8)9;1-2;;;;1-4(2)3;;;;1-2/h4-5,12H,1,6H2,2-3H3;3-4,7,11-13H,5H2,1-2H3;4,12H,3,5H2,1-2H3;3,11-12H,4-5H2,1-2H3;3-4,12H,5H2,1-2H3;2-3,11-12H,4H2,1H3;3H,1-2H2,(H,6,7)(H,8,9);1H2;3*1H4;;3*1H;2H,1H2/t;;;;;;3-;;;;;;;;;/m......0........./s1. The number of carboxylic acid groups (broad SMARTS) is 1. The molecule has 5 aromatic heterocycles. The summed E-state index contributed by atoms with van der Waals surface area (Å²) in [6.07, 6.45) is 10.6. The van der Waals surface area contributed by atoms with E-state index in [1.807, 2.05) is 6.79 Å². The maximum Gasteiger partial charge on any atom is 0.326 e. The first-order valence-corrected chi connectivity index (χ1v) is 30.4. The Morgan fingerprint density at radius 2 is 0.920 bits per heavy atom. The zero-order chi connectivity index (χ0) is 73.0. The molecule has 29 nitrogen and oxygen atoms in total. The fourth-order valence-electron chi connectivity index (χ4n) is 7.48. The molecule has 100 heavy (non-hydrogen) atoms. The molecule has 1 amide bonds. The molecule has 1 aliphatic heterocycles. The van der Waals surface area contributed by atoms with Crippen LogP contribution in [0.3, 0.4) is 0 Å². The highest BCUT2D eigenvalue weighted by Gasteiger charge is 2.26. The Morgan fingerprint density at radius 1 is 0.600 bits per heavy atom. The van der Waals surface area contributed by atoms with E-state index in [0.717, 1.165) is 22.3 Å². The number of aldehydes is 2. The molecule has 570 valence electrons. The molecule has 0 saturated carbocycles. The highest BCUT2D eigenvalue weighted by molar-refractivity contribution is 8.26. The number of aromatic nitrogens is 5. The van der Waals surface area contributed by atoms with Crippen molar-refractivity contribution >= 4 is 117 Å². The Labute approximate surface area is 619 Å². The molecule has 1 unspecified atom stereocenters. The van der Waals surface area contributed by atoms with Gasteiger partial charge < -0.3 is 90.4 Å². The van der Waals surface area contributed by atoms with Crippen molar-refractivity contribution in [3.8, 4) is 34.5 Å². The van der Waals surface area contributed by atoms with Gasteiger partial charge in [0.1, 0.15) is 47.3 Å². The van der Waals surface area contributed by atoms with Crippen LogP contribution < -0.4 is 11.2 Å². The summed E-state index contributed by atoms with van der Waals surface area (Å²) < 4.78 is 28.8. The number of rotatable bonds is 17. The van der Waals surface area contributed by atoms with Crippen LogP contribution in [0.4, 0.5) is 0 Å². The van der Waals surface area contributed by atoms with Crippen LogP contribution in [0.2, 0.25) is 0 Å². The maximum absolute atomic E-state index is 10.6. The number of carbonyl (C=O) groups is 5. The molecule has 1 fully saturated rings. The smallest absolute Gasteiger partial charge is 0.326 e. The molecular weight excluding hydrogens is 1460 g/mol. The van der Waals surface area contributed by atoms with E-state index in [2.05, 4.69) is 64.1 Å². The molecular formula is C64H99Cl6N7O22S. The van der Waals surface area contributed by atoms with Gasteiger partial charge in [-0.3, -0.25) is 39.3 Å². The average Bonchev–Trinajstić information content (AvgIpc) is 1.04. The Hall–Kier alpha value is -7.05. The van der Waals surface area contributed by atoms with Gasteiger partial charge in [0.05, 0.1) is 80.8 Å². The third-order valence-corrected chi connectivity index (χ3v) is 12.8. The number of phenols is 1. The summed E-state index contributed by atoms with van der Waals surface area (Å²) in [4.78, 5) is 69.0. The molecule has 6 aromatic rings. The van der Waals surface area contributed by atoms with Gasteiger partial charge in [0.25, 0.3) is 0 Å². The summed E-state index contributed by atoms with van der Waals surface area (Å²) in [6.45, 7) is 17.9. The lowest BCUT2D eigenvalue weighted by Gasteiger charge is -2.13. The Bertz CT molecular complexity index is 3220. The molecule has 0 spiro atoms. The number of aliphatic hydroxyl groups is 4. The second-order valence-electron chi connectivity index (χ2n) is 18.7. The van der Waals surface area contributed by atoms with Gasteiger partial charge in [-0.05, 0) is 71.6 Å². The minimum Gasteiger partial charge on any atom is -0.507 e. The van der Waals surface area contributed by atoms with Gasteiger partial charge in [0, 0.05) is 149 Å². The maximum atomic E-state index is 10.6. The fraction of sp³-hybridized carbons (Fsp3) is 0.406. The number of carboxylic acids is 1. The predicted molar refractivity (Wildman–Crippen MR) is 391 cm³/mol. The van der Waals surface area contributed by atoms with Gasteiger partial charge in [-0.1, -0.05) is 47.1 Å². The first-order valence-electron chi connectivity index (χ1n) is 27.0. The lowest BCUT2D eigenvalue weighted by atomic mass is 10.00. The molecule has 6 heterocycles. The number of aliphatic carboxylic acids is 1. The second-order valence-corrected chi connectivity index (χ2v) is 21.5. The summed E-state index contributed by atoms with van der Waals surface area (Å²) in [6, 6.07) is 2.79. The Balaban J connectivity index is -0.000000134. The number of aryl methyl sites for hydroxylation is 6. The number of alkyl halides is 1. The van der Waals surface area contributed by atoms with E-state index in [-0.39, 0.29) is 144 Å². The van der Waals surface area contributed by atoms with Gasteiger partial charge in [-0.2, -0.15) is 0 Å². The highest BCUT2D eigenvalue weighted by atomic mass is 36.0. The summed E-state index contributed by atoms with van der Waals surface area (Å²) in [7, 11) is 13.6. The Morgan fingerprint density at radius 3 is 1.22 bits per heavy atom. The van der Waals surface area contributed by atoms with Crippen LogP contribution in [-0.2, 0) is 94.7 Å². The van der Waals surface area contributed by atoms with Crippen molar-refractivity contribution in [2.45, 2.75) is 148 Å². The number of carbonyl (C=O) groups excluding carboxylic acids is 4. The van der Waals surface area contributed by atoms with Crippen molar-refractivity contribution in [2.24, 2.45) is 5.90 Å². The normalized spacial score (nSPS) is 10.9. The summed E-state index contributed by atoms with van der Waals surface area (Å²) in [5.41, 5.74) is 9.96. The lowest BCUT2D eigenvalue weighted by Crippen LogP contribution is -2.32. The molecule has 7 rings (SSSR count). The Kier molecular flexibility index (Phi) is 70.2. The SMILES string of the molecule is C.C.C.C=Cc1cnc(C)c(O)c1COC.C=O.COCc1c(C=O)cnc(C)c1O.COCc1c(CCl)cnc(C)c1O.COCc1c(CO)cnc(C)c1O.Cc1ccc(C(C)O)c(CO)c1O.Cc1ncc(C=O)c(CO)c1O.Cl.Cl.Cl.NO.O=C1CC[C@@H](C(=O)O)N1.O=S(Cl)Cl. The number of benzene rings is 1. The van der Waals surface area contributed by atoms with Crippen molar-refractivity contribution in [3.05, 3.63) is 150 Å². The predicted octanol–water partition coefficient (Wildman–Crippen LogP) is 10.0. The molecule has 0 aliphatic carbocycles. The number of hydrogen-bond acceptors (Lipinski definition) is 27. The number of methoxy groups -OCH3 is 4. The second kappa shape index (κ2) is 62.9. The number of nitrogens with two attached hydrogens (primary N) is 1. The third kappa shape index (κ3) is 38.7. The van der Waals surface area contributed by atoms with Gasteiger partial charge >= 0.3 is 5.97 Å². The number of aliphatic hydroxyl groups excluding tert-OH is 4. The molecule has 2 atom stereocenters. The molecule has 1 saturated heterocycles. The first kappa shape index (κ1) is 112. The molecule has 36 heteroatoms. The van der Waals surface area contributed by atoms with Crippen molar-refractivity contribution < 1.29 is 109 Å². The topological polar surface area (TPSA) is 485 Å². The van der Waals surface area contributed by atoms with E-state index >= 15 is 0 Å². The molecule has 0 radical (unpaired) electrons. The van der Waals surface area contributed by atoms with Crippen LogP contribution in [0.5, 0.6) is 34.5 Å². The number of aromatic hydroxyl groups is 6. The lowest BCUT2D eigenvalue weighted by molar-refractivity contribution is -0.140. The monoisotopic (exact) mass is 1560 g/mol. The van der Waals surface area contributed by atoms with Crippen molar-refractivity contribution in [2.75, 3.05) is 28.4 Å². The summed E-state index contributed by atoms with van der Waals surface area (Å²) in [5, 5.41) is 111.